The summed E-state index contributed by atoms with van der Waals surface area (Å²) in [5.41, 5.74) is 0. The van der Waals surface area contributed by atoms with Crippen LogP contribution < -0.4 is 0 Å². The summed E-state index contributed by atoms with van der Waals surface area (Å²) in [6.07, 6.45) is 10.8. The van der Waals surface area contributed by atoms with E-state index < -0.39 is 4.75 Å². The number of allylic oxidation sites excluding steroid dienone is 3. The van der Waals surface area contributed by atoms with Crippen molar-refractivity contribution in [3.63, 3.8) is 0 Å². The number of hydrogen-bond acceptors (Lipinski definition) is 4. The van der Waals surface area contributed by atoms with Crippen molar-refractivity contribution < 1.29 is 14.3 Å². The van der Waals surface area contributed by atoms with E-state index in [9.17, 15) is 9.59 Å². The third-order valence-electron chi connectivity index (χ3n) is 2.42. The molecule has 0 aromatic carbocycles. The van der Waals surface area contributed by atoms with Gasteiger partial charge in [-0.25, -0.2) is 0 Å². The molecule has 0 aliphatic rings. The van der Waals surface area contributed by atoms with Crippen molar-refractivity contribution in [1.82, 2.24) is 0 Å². The highest BCUT2D eigenvalue weighted by Gasteiger charge is 2.34. The van der Waals surface area contributed by atoms with E-state index in [0.717, 1.165) is 31.0 Å². The maximum atomic E-state index is 11.9. The lowest BCUT2D eigenvalue weighted by Gasteiger charge is -2.21. The van der Waals surface area contributed by atoms with Gasteiger partial charge in [0, 0.05) is 6.92 Å². The van der Waals surface area contributed by atoms with Gasteiger partial charge in [0.1, 0.15) is 4.75 Å². The van der Waals surface area contributed by atoms with Gasteiger partial charge in [-0.1, -0.05) is 55.8 Å². The topological polar surface area (TPSA) is 43.4 Å². The lowest BCUT2D eigenvalue weighted by molar-refractivity contribution is -0.144. The number of carbonyl (C=O) groups excluding carboxylic acids is 2. The van der Waals surface area contributed by atoms with Crippen molar-refractivity contribution in [2.24, 2.45) is 0 Å². The van der Waals surface area contributed by atoms with Gasteiger partial charge in [-0.15, -0.1) is 0 Å². The minimum absolute atomic E-state index is 0.102. The van der Waals surface area contributed by atoms with Crippen LogP contribution in [0.15, 0.2) is 24.3 Å². The first-order chi connectivity index (χ1) is 8.96. The molecule has 4 heteroatoms. The van der Waals surface area contributed by atoms with Gasteiger partial charge in [-0.3, -0.25) is 9.59 Å². The summed E-state index contributed by atoms with van der Waals surface area (Å²) in [7, 11) is 0. The third-order valence-corrected chi connectivity index (χ3v) is 3.44. The van der Waals surface area contributed by atoms with E-state index in [1.807, 2.05) is 12.2 Å². The Balaban J connectivity index is 4.66. The summed E-state index contributed by atoms with van der Waals surface area (Å²) in [6, 6.07) is 0. The predicted molar refractivity (Wildman–Crippen MR) is 81.1 cm³/mol. The van der Waals surface area contributed by atoms with Gasteiger partial charge < -0.3 is 4.74 Å². The van der Waals surface area contributed by atoms with E-state index in [4.69, 9.17) is 4.74 Å². The Labute approximate surface area is 120 Å². The van der Waals surface area contributed by atoms with Crippen LogP contribution in [0.5, 0.6) is 0 Å². The largest absolute Gasteiger partial charge is 0.465 e. The second kappa shape index (κ2) is 9.84. The quantitative estimate of drug-likeness (QED) is 0.385. The molecule has 0 heterocycles. The predicted octanol–water partition coefficient (Wildman–Crippen LogP) is 3.89. The van der Waals surface area contributed by atoms with Crippen molar-refractivity contribution in [2.45, 2.75) is 51.7 Å². The van der Waals surface area contributed by atoms with Crippen LogP contribution in [0.3, 0.4) is 0 Å². The molecule has 0 N–H and O–H groups in total. The van der Waals surface area contributed by atoms with Crippen LogP contribution in [0, 0.1) is 0 Å². The highest BCUT2D eigenvalue weighted by Crippen LogP contribution is 2.29. The lowest BCUT2D eigenvalue weighted by atomic mass is 10.1. The minimum Gasteiger partial charge on any atom is -0.465 e. The van der Waals surface area contributed by atoms with Crippen LogP contribution in [0.25, 0.3) is 0 Å². The second-order valence-corrected chi connectivity index (χ2v) is 5.98. The van der Waals surface area contributed by atoms with Crippen LogP contribution in [0.4, 0.5) is 0 Å². The monoisotopic (exact) mass is 284 g/mol. The van der Waals surface area contributed by atoms with Gasteiger partial charge in [0.25, 0.3) is 0 Å². The SMILES string of the molecule is CCCC/C=C/C=C/[C@](C)(SC(C)=O)C(=O)OCC. The zero-order valence-corrected chi connectivity index (χ0v) is 13.1. The number of thioether (sulfide) groups is 1. The summed E-state index contributed by atoms with van der Waals surface area (Å²) in [5, 5.41) is -0.102. The van der Waals surface area contributed by atoms with Gasteiger partial charge in [-0.05, 0) is 20.3 Å². The highest BCUT2D eigenvalue weighted by molar-refractivity contribution is 8.15. The van der Waals surface area contributed by atoms with Crippen molar-refractivity contribution >= 4 is 22.8 Å². The second-order valence-electron chi connectivity index (χ2n) is 4.35. The molecule has 0 aromatic rings. The molecule has 108 valence electrons. The van der Waals surface area contributed by atoms with Crippen LogP contribution in [-0.4, -0.2) is 22.4 Å². The van der Waals surface area contributed by atoms with E-state index in [-0.39, 0.29) is 11.1 Å². The molecule has 0 rings (SSSR count). The first-order valence-corrected chi connectivity index (χ1v) is 7.49. The number of unbranched alkanes of at least 4 members (excludes halogenated alkanes) is 2. The number of carbonyl (C=O) groups is 2. The van der Waals surface area contributed by atoms with Gasteiger partial charge in [0.05, 0.1) is 6.61 Å². The molecule has 0 radical (unpaired) electrons. The molecule has 0 aliphatic carbocycles. The molecule has 0 aliphatic heterocycles. The Hall–Kier alpha value is -1.03. The molecule has 3 nitrogen and oxygen atoms in total. The number of ether oxygens (including phenoxy) is 1. The molecule has 1 atom stereocenters. The number of rotatable bonds is 8. The molecule has 0 bridgehead atoms. The fourth-order valence-electron chi connectivity index (χ4n) is 1.45. The Bertz CT molecular complexity index is 347. The zero-order valence-electron chi connectivity index (χ0n) is 12.3. The minimum atomic E-state index is -0.947. The maximum absolute atomic E-state index is 11.9. The summed E-state index contributed by atoms with van der Waals surface area (Å²) in [4.78, 5) is 23.1. The van der Waals surface area contributed by atoms with Crippen LogP contribution >= 0.6 is 11.8 Å². The first kappa shape index (κ1) is 18.0. The van der Waals surface area contributed by atoms with Crippen molar-refractivity contribution in [3.05, 3.63) is 24.3 Å². The van der Waals surface area contributed by atoms with Crippen LogP contribution in [0.2, 0.25) is 0 Å². The van der Waals surface area contributed by atoms with Gasteiger partial charge >= 0.3 is 5.97 Å². The Kier molecular flexibility index (Phi) is 9.31. The molecule has 0 saturated heterocycles. The summed E-state index contributed by atoms with van der Waals surface area (Å²) in [6.45, 7) is 7.36. The fourth-order valence-corrected chi connectivity index (χ4v) is 2.34. The maximum Gasteiger partial charge on any atom is 0.326 e. The molecule has 0 fully saturated rings. The van der Waals surface area contributed by atoms with Gasteiger partial charge in [0.15, 0.2) is 5.12 Å². The molecule has 0 spiro atoms. The summed E-state index contributed by atoms with van der Waals surface area (Å²) < 4.78 is 4.07. The average Bonchev–Trinajstić information content (AvgIpc) is 2.33. The molecular formula is C15H24O3S. The third kappa shape index (κ3) is 7.88. The van der Waals surface area contributed by atoms with Crippen LogP contribution in [0.1, 0.15) is 47.0 Å². The molecule has 0 saturated carbocycles. The van der Waals surface area contributed by atoms with Crippen molar-refractivity contribution in [2.75, 3.05) is 6.61 Å². The lowest BCUT2D eigenvalue weighted by Crippen LogP contribution is -2.32. The summed E-state index contributed by atoms with van der Waals surface area (Å²) in [5.74, 6) is -0.381. The van der Waals surface area contributed by atoms with Crippen molar-refractivity contribution in [3.8, 4) is 0 Å². The van der Waals surface area contributed by atoms with Crippen molar-refractivity contribution in [1.29, 1.82) is 0 Å². The molecule has 0 aromatic heterocycles. The number of hydrogen-bond donors (Lipinski definition) is 0. The van der Waals surface area contributed by atoms with Crippen LogP contribution in [-0.2, 0) is 14.3 Å². The van der Waals surface area contributed by atoms with E-state index in [1.54, 1.807) is 19.9 Å². The van der Waals surface area contributed by atoms with E-state index >= 15 is 0 Å². The smallest absolute Gasteiger partial charge is 0.326 e. The van der Waals surface area contributed by atoms with E-state index in [0.29, 0.717) is 6.61 Å². The Morgan fingerprint density at radius 3 is 2.47 bits per heavy atom. The molecule has 0 amide bonds. The standard InChI is InChI=1S/C15H24O3S/c1-5-7-8-9-10-11-12-15(4,19-13(3)16)14(17)18-6-2/h9-12H,5-8H2,1-4H3/b10-9+,12-11+/t15-/m0/s1. The molecule has 0 unspecified atom stereocenters. The number of esters is 1. The normalized spacial score (nSPS) is 14.7. The highest BCUT2D eigenvalue weighted by atomic mass is 32.2. The zero-order chi connectivity index (χ0) is 14.7. The first-order valence-electron chi connectivity index (χ1n) is 6.67. The van der Waals surface area contributed by atoms with Gasteiger partial charge in [0.2, 0.25) is 0 Å². The van der Waals surface area contributed by atoms with E-state index in [2.05, 4.69) is 13.0 Å². The average molecular weight is 284 g/mol. The fraction of sp³-hybridized carbons (Fsp3) is 0.600. The summed E-state index contributed by atoms with van der Waals surface area (Å²) >= 11 is 0.984. The Morgan fingerprint density at radius 1 is 1.26 bits per heavy atom. The van der Waals surface area contributed by atoms with E-state index in [1.165, 1.54) is 6.92 Å². The molecular weight excluding hydrogens is 260 g/mol. The van der Waals surface area contributed by atoms with Gasteiger partial charge in [-0.2, -0.15) is 0 Å². The Morgan fingerprint density at radius 2 is 1.95 bits per heavy atom. The molecule has 19 heavy (non-hydrogen) atoms.